The van der Waals surface area contributed by atoms with E-state index >= 15 is 0 Å². The third kappa shape index (κ3) is 21.0. The Bertz CT molecular complexity index is 2730. The Balaban J connectivity index is 1.07. The minimum atomic E-state index is -1.96. The van der Waals surface area contributed by atoms with Crippen LogP contribution in [0, 0.1) is 17.8 Å². The van der Waals surface area contributed by atoms with Gasteiger partial charge in [0.1, 0.15) is 97.1 Å². The summed E-state index contributed by atoms with van der Waals surface area (Å²) in [7, 11) is 1.39. The summed E-state index contributed by atoms with van der Waals surface area (Å²) in [6, 6.07) is -1.56. The topological polar surface area (TPSA) is 490 Å². The summed E-state index contributed by atoms with van der Waals surface area (Å²) in [6.45, 7) is 6.58. The van der Waals surface area contributed by atoms with Crippen LogP contribution in [0.1, 0.15) is 117 Å². The van der Waals surface area contributed by atoms with E-state index in [0.717, 1.165) is 53.4 Å². The number of unbranched alkanes of at least 4 members (excludes halogenated alkanes) is 5. The van der Waals surface area contributed by atoms with Gasteiger partial charge in [-0.15, -0.1) is 0 Å². The molecule has 0 bridgehead atoms. The van der Waals surface area contributed by atoms with Crippen molar-refractivity contribution < 1.29 is 137 Å². The van der Waals surface area contributed by atoms with Gasteiger partial charge in [0, 0.05) is 71.3 Å². The Morgan fingerprint density at radius 1 is 0.515 bits per heavy atom. The molecule has 0 radical (unpaired) electrons. The van der Waals surface area contributed by atoms with Gasteiger partial charge in [-0.05, 0) is 63.6 Å². The van der Waals surface area contributed by atoms with E-state index in [1.807, 2.05) is 0 Å². The summed E-state index contributed by atoms with van der Waals surface area (Å²) in [5.74, 6) is -6.03. The van der Waals surface area contributed by atoms with Crippen molar-refractivity contribution in [1.82, 2.24) is 26.6 Å². The minimum absolute atomic E-state index is 0.0687. The minimum Gasteiger partial charge on any atom is -0.494 e. The Morgan fingerprint density at radius 2 is 1.02 bits per heavy atom. The number of hydrogen-bond donors (Lipinski definition) is 17. The molecule has 6 aliphatic rings. The molecule has 564 valence electrons. The average Bonchev–Trinajstić information content (AvgIpc) is 0.771. The van der Waals surface area contributed by atoms with Crippen molar-refractivity contribution in [3.8, 4) is 5.75 Å². The summed E-state index contributed by atoms with van der Waals surface area (Å²) in [5, 5.41) is 150. The SMILES string of the molecule is CCCCCC/C=C\CCCOc1cccc(C(=O)N[C@@H]2C(O[C@H]3C(O)C(NC(C)=O)C(OC4C(CO)C[C@@H](O[C@H]5C(O)C(NC(C)=O)C(OC6C(CO[C@@H]7OC(C)C(O)[C@H](C)[C@H]7OC)OC(O)[C@@H](NC(C)=O)[C@H]6O)C[C@H]5CO)[C@@H](NC(C)=O)[C@H]4O)O[C@H]3CO)OC(CO)[C@@H](O)[C@@H]2O)c1. The smallest absolute Gasteiger partial charge is 0.251 e. The number of carbonyl (C=O) groups excluding carboxylic acids is 5. The summed E-state index contributed by atoms with van der Waals surface area (Å²) in [5.41, 5.74) is 0.0687. The zero-order chi connectivity index (χ0) is 72.5. The molecule has 5 amide bonds. The van der Waals surface area contributed by atoms with Crippen LogP contribution >= 0.6 is 0 Å². The highest BCUT2D eigenvalue weighted by Crippen LogP contribution is 2.40. The number of benzene rings is 1. The Morgan fingerprint density at radius 3 is 1.59 bits per heavy atom. The first-order chi connectivity index (χ1) is 47.2. The van der Waals surface area contributed by atoms with Gasteiger partial charge in [0.15, 0.2) is 25.2 Å². The van der Waals surface area contributed by atoms with Crippen LogP contribution in [0.5, 0.6) is 5.75 Å². The van der Waals surface area contributed by atoms with E-state index in [-0.39, 0.29) is 18.4 Å². The predicted molar refractivity (Wildman–Crippen MR) is 343 cm³/mol. The van der Waals surface area contributed by atoms with E-state index in [2.05, 4.69) is 45.7 Å². The molecule has 33 heteroatoms. The Hall–Kier alpha value is -4.77. The molecule has 4 saturated heterocycles. The summed E-state index contributed by atoms with van der Waals surface area (Å²) in [6.07, 6.45) is -22.7. The van der Waals surface area contributed by atoms with Crippen LogP contribution in [-0.2, 0) is 66.5 Å². The van der Waals surface area contributed by atoms with Gasteiger partial charge >= 0.3 is 0 Å². The van der Waals surface area contributed by atoms with E-state index in [0.29, 0.717) is 18.8 Å². The fourth-order valence-corrected chi connectivity index (χ4v) is 14.0. The fourth-order valence-electron chi connectivity index (χ4n) is 14.0. The quantitative estimate of drug-likeness (QED) is 0.0241. The van der Waals surface area contributed by atoms with Crippen LogP contribution in [0.2, 0.25) is 0 Å². The van der Waals surface area contributed by atoms with Crippen LogP contribution in [0.15, 0.2) is 36.4 Å². The highest BCUT2D eigenvalue weighted by molar-refractivity contribution is 5.94. The van der Waals surface area contributed by atoms with Gasteiger partial charge in [0.05, 0.1) is 75.1 Å². The van der Waals surface area contributed by atoms with Gasteiger partial charge in [-0.1, -0.05) is 51.3 Å². The molecule has 2 aliphatic carbocycles. The Kier molecular flexibility index (Phi) is 31.8. The maximum Gasteiger partial charge on any atom is 0.251 e. The second kappa shape index (κ2) is 38.7. The number of aliphatic hydroxyl groups is 12. The normalized spacial score (nSPS) is 39.6. The van der Waals surface area contributed by atoms with Crippen molar-refractivity contribution in [3.05, 3.63) is 42.0 Å². The molecule has 30 atom stereocenters. The van der Waals surface area contributed by atoms with Crippen LogP contribution in [0.4, 0.5) is 0 Å². The largest absolute Gasteiger partial charge is 0.494 e. The van der Waals surface area contributed by atoms with Crippen molar-refractivity contribution in [1.29, 1.82) is 0 Å². The molecule has 4 heterocycles. The van der Waals surface area contributed by atoms with Crippen molar-refractivity contribution in [3.63, 3.8) is 0 Å². The molecular formula is C66H107N5O28. The first kappa shape index (κ1) is 81.5. The van der Waals surface area contributed by atoms with Crippen LogP contribution in [0.25, 0.3) is 0 Å². The van der Waals surface area contributed by atoms with E-state index in [4.69, 9.17) is 52.1 Å². The predicted octanol–water partition coefficient (Wildman–Crippen LogP) is -4.12. The third-order valence-electron chi connectivity index (χ3n) is 19.3. The molecule has 6 fully saturated rings. The van der Waals surface area contributed by atoms with Crippen molar-refractivity contribution in [2.45, 2.75) is 271 Å². The fraction of sp³-hybridized carbons (Fsp3) is 0.803. The number of hydrogen-bond acceptors (Lipinski definition) is 28. The highest BCUT2D eigenvalue weighted by atomic mass is 16.7. The first-order valence-corrected chi connectivity index (χ1v) is 34.2. The number of aliphatic hydroxyl groups excluding tert-OH is 12. The molecule has 0 spiro atoms. The van der Waals surface area contributed by atoms with Crippen molar-refractivity contribution in [2.24, 2.45) is 17.8 Å². The zero-order valence-electron chi connectivity index (χ0n) is 57.3. The lowest BCUT2D eigenvalue weighted by Gasteiger charge is -2.52. The number of allylic oxidation sites excluding steroid dienone is 2. The molecule has 1 aromatic carbocycles. The monoisotopic (exact) mass is 1420 g/mol. The van der Waals surface area contributed by atoms with Crippen LogP contribution in [0.3, 0.4) is 0 Å². The zero-order valence-corrected chi connectivity index (χ0v) is 57.3. The lowest BCUT2D eigenvalue weighted by atomic mass is 9.77. The second-order valence-electron chi connectivity index (χ2n) is 26.6. The standard InChI is InChI=1S/C66H107N5O28/c1-9-10-11-12-13-14-15-16-17-21-90-39-20-18-19-36(22-39)62(87)71-48-52(82)51(81)42(27-74)96-64(48)99-60-43(28-75)97-65(49(56(60)86)70-35(7)79)98-59-38(26-73)24-40(45(54(59)84)67-32(4)76)93-58-37(25-72)23-41(46(53(58)83)68-33(5)77)94-61-44(95-63(88)47(55(61)85)69-34(6)78)29-91-66-57(89-8)30(2)50(80)31(3)92-66/h14-15,18-20,22,30-31,37-38,40-61,63-66,72-75,80-86,88H,9-13,16-17,21,23-29H2,1-8H3,(H,67,76)(H,68,77)(H,69,78)(H,70,79)(H,71,87)/b15-14-/t30-,31?,37-,38?,40+,41?,42?,43-,44?,45+,46?,47-,48-,49?,50?,51+,52+,53?,54+,55+,56?,57+,58+,59?,60+,61?,63?,64?,65?,66+/m0/s1. The van der Waals surface area contributed by atoms with Crippen molar-refractivity contribution in [2.75, 3.05) is 46.8 Å². The van der Waals surface area contributed by atoms with E-state index < -0.39 is 246 Å². The van der Waals surface area contributed by atoms with E-state index in [9.17, 15) is 85.3 Å². The molecule has 99 heavy (non-hydrogen) atoms. The summed E-state index contributed by atoms with van der Waals surface area (Å²) < 4.78 is 67.4. The van der Waals surface area contributed by atoms with E-state index in [1.54, 1.807) is 26.0 Å². The summed E-state index contributed by atoms with van der Waals surface area (Å²) in [4.78, 5) is 65.4. The lowest BCUT2D eigenvalue weighted by Crippen LogP contribution is -2.70. The van der Waals surface area contributed by atoms with Gasteiger partial charge < -0.3 is 140 Å². The molecule has 2 saturated carbocycles. The van der Waals surface area contributed by atoms with Gasteiger partial charge in [0.25, 0.3) is 5.91 Å². The molecule has 1 aromatic rings. The highest BCUT2D eigenvalue weighted by Gasteiger charge is 2.57. The van der Waals surface area contributed by atoms with Gasteiger partial charge in [-0.2, -0.15) is 0 Å². The Labute approximate surface area is 575 Å². The number of carbonyl (C=O) groups is 5. The third-order valence-corrected chi connectivity index (χ3v) is 19.3. The number of methoxy groups -OCH3 is 1. The number of rotatable bonds is 32. The molecule has 7 rings (SSSR count). The summed E-state index contributed by atoms with van der Waals surface area (Å²) >= 11 is 0. The van der Waals surface area contributed by atoms with Crippen LogP contribution in [-0.4, -0.2) is 303 Å². The number of amides is 5. The molecule has 4 aliphatic heterocycles. The molecule has 15 unspecified atom stereocenters. The first-order valence-electron chi connectivity index (χ1n) is 34.2. The van der Waals surface area contributed by atoms with Crippen LogP contribution < -0.4 is 31.3 Å². The average molecular weight is 1420 g/mol. The molecule has 0 aromatic heterocycles. The maximum absolute atomic E-state index is 14.0. The maximum atomic E-state index is 14.0. The lowest BCUT2D eigenvalue weighted by molar-refractivity contribution is -0.342. The number of nitrogens with one attached hydrogen (secondary N) is 5. The van der Waals surface area contributed by atoms with E-state index in [1.165, 1.54) is 32.1 Å². The number of ether oxygens (including phenoxy) is 11. The van der Waals surface area contributed by atoms with Gasteiger partial charge in [-0.25, -0.2) is 0 Å². The van der Waals surface area contributed by atoms with Gasteiger partial charge in [-0.3, -0.25) is 24.0 Å². The molecule has 33 nitrogen and oxygen atoms in total. The molecular weight excluding hydrogens is 1310 g/mol. The second-order valence-corrected chi connectivity index (χ2v) is 26.6. The molecule has 17 N–H and O–H groups in total. The van der Waals surface area contributed by atoms with Crippen molar-refractivity contribution >= 4 is 29.5 Å². The van der Waals surface area contributed by atoms with Gasteiger partial charge in [0.2, 0.25) is 23.6 Å².